The van der Waals surface area contributed by atoms with Crippen LogP contribution in [-0.4, -0.2) is 30.2 Å². The second kappa shape index (κ2) is 9.05. The molecule has 8 heteroatoms. The Labute approximate surface area is 166 Å². The lowest BCUT2D eigenvalue weighted by Crippen LogP contribution is -2.21. The summed E-state index contributed by atoms with van der Waals surface area (Å²) in [6.07, 6.45) is 0. The maximum absolute atomic E-state index is 12.4. The molecule has 1 aromatic heterocycles. The minimum atomic E-state index is -0.659. The zero-order valence-corrected chi connectivity index (χ0v) is 15.7. The average Bonchev–Trinajstić information content (AvgIpc) is 3.11. The van der Waals surface area contributed by atoms with Crippen LogP contribution in [-0.2, 0) is 9.53 Å². The number of rotatable bonds is 7. The van der Waals surface area contributed by atoms with E-state index in [1.165, 1.54) is 0 Å². The summed E-state index contributed by atoms with van der Waals surface area (Å²) in [5.41, 5.74) is 0.865. The van der Waals surface area contributed by atoms with Crippen LogP contribution in [0.4, 0.5) is 5.88 Å². The number of para-hydroxylation sites is 1. The van der Waals surface area contributed by atoms with E-state index in [1.807, 2.05) is 6.07 Å². The van der Waals surface area contributed by atoms with Crippen LogP contribution in [0.3, 0.4) is 0 Å². The summed E-state index contributed by atoms with van der Waals surface area (Å²) in [4.78, 5) is 24.6. The first-order valence-corrected chi connectivity index (χ1v) is 8.86. The number of amides is 1. The predicted molar refractivity (Wildman–Crippen MR) is 103 cm³/mol. The average molecular weight is 401 g/mol. The van der Waals surface area contributed by atoms with Crippen LogP contribution in [0.15, 0.2) is 59.1 Å². The third kappa shape index (κ3) is 4.69. The fourth-order valence-corrected chi connectivity index (χ4v) is 2.53. The maximum atomic E-state index is 12.4. The Kier molecular flexibility index (Phi) is 6.29. The van der Waals surface area contributed by atoms with Crippen LogP contribution in [0.1, 0.15) is 17.3 Å². The lowest BCUT2D eigenvalue weighted by Gasteiger charge is -2.07. The van der Waals surface area contributed by atoms with E-state index >= 15 is 0 Å². The van der Waals surface area contributed by atoms with Crippen LogP contribution in [0.25, 0.3) is 11.3 Å². The lowest BCUT2D eigenvalue weighted by atomic mass is 10.1. The van der Waals surface area contributed by atoms with E-state index in [4.69, 9.17) is 25.6 Å². The van der Waals surface area contributed by atoms with Gasteiger partial charge < -0.3 is 14.0 Å². The van der Waals surface area contributed by atoms with E-state index in [1.54, 1.807) is 55.5 Å². The first-order valence-electron chi connectivity index (χ1n) is 8.49. The van der Waals surface area contributed by atoms with Crippen molar-refractivity contribution in [1.29, 1.82) is 0 Å². The molecule has 0 spiro atoms. The number of carbonyl (C=O) groups excluding carboxylic acids is 2. The summed E-state index contributed by atoms with van der Waals surface area (Å²) in [5.74, 6) is -0.728. The largest absolute Gasteiger partial charge is 0.484 e. The van der Waals surface area contributed by atoms with Crippen molar-refractivity contribution in [3.63, 3.8) is 0 Å². The summed E-state index contributed by atoms with van der Waals surface area (Å²) >= 11 is 5.90. The van der Waals surface area contributed by atoms with E-state index in [0.29, 0.717) is 16.3 Å². The van der Waals surface area contributed by atoms with Crippen molar-refractivity contribution in [2.75, 3.05) is 18.5 Å². The first kappa shape index (κ1) is 19.4. The Morgan fingerprint density at radius 2 is 1.82 bits per heavy atom. The molecule has 0 fully saturated rings. The molecule has 0 saturated heterocycles. The Morgan fingerprint density at radius 1 is 1.11 bits per heavy atom. The molecule has 1 amide bonds. The van der Waals surface area contributed by atoms with Crippen molar-refractivity contribution < 1.29 is 23.6 Å². The number of ether oxygens (including phenoxy) is 2. The molecule has 0 aliphatic heterocycles. The molecule has 0 atom stereocenters. The standard InChI is InChI=1S/C20H17ClN2O5/c1-2-26-20(25)17-18(13-8-10-14(21)11-9-13)23-28-19(17)22-16(24)12-27-15-6-4-3-5-7-15/h3-11H,2,12H2,1H3,(H,22,24). The number of benzene rings is 2. The lowest BCUT2D eigenvalue weighted by molar-refractivity contribution is -0.118. The highest BCUT2D eigenvalue weighted by molar-refractivity contribution is 6.30. The maximum Gasteiger partial charge on any atom is 0.346 e. The van der Waals surface area contributed by atoms with Crippen molar-refractivity contribution in [2.45, 2.75) is 6.92 Å². The number of anilines is 1. The summed E-state index contributed by atoms with van der Waals surface area (Å²) in [7, 11) is 0. The third-order valence-electron chi connectivity index (χ3n) is 3.66. The molecule has 1 heterocycles. The second-order valence-corrected chi connectivity index (χ2v) is 6.05. The zero-order chi connectivity index (χ0) is 19.9. The Bertz CT molecular complexity index is 954. The van der Waals surface area contributed by atoms with E-state index in [0.717, 1.165) is 0 Å². The molecule has 0 aliphatic rings. The molecule has 2 aromatic carbocycles. The molecule has 0 aliphatic carbocycles. The first-order chi connectivity index (χ1) is 13.6. The molecule has 0 bridgehead atoms. The summed E-state index contributed by atoms with van der Waals surface area (Å²) in [6.45, 7) is 1.58. The smallest absolute Gasteiger partial charge is 0.346 e. The molecule has 0 radical (unpaired) electrons. The van der Waals surface area contributed by atoms with Crippen molar-refractivity contribution in [1.82, 2.24) is 5.16 Å². The van der Waals surface area contributed by atoms with Crippen molar-refractivity contribution in [3.8, 4) is 17.0 Å². The van der Waals surface area contributed by atoms with Gasteiger partial charge in [-0.05, 0) is 31.2 Å². The van der Waals surface area contributed by atoms with Gasteiger partial charge in [0.05, 0.1) is 6.61 Å². The van der Waals surface area contributed by atoms with Crippen molar-refractivity contribution in [3.05, 3.63) is 65.2 Å². The number of nitrogens with one attached hydrogen (secondary N) is 1. The van der Waals surface area contributed by atoms with Gasteiger partial charge in [-0.1, -0.05) is 47.1 Å². The quantitative estimate of drug-likeness (QED) is 0.598. The molecular weight excluding hydrogens is 384 g/mol. The summed E-state index contributed by atoms with van der Waals surface area (Å²) in [5, 5.41) is 6.96. The fourth-order valence-electron chi connectivity index (χ4n) is 2.40. The fraction of sp³-hybridized carbons (Fsp3) is 0.150. The third-order valence-corrected chi connectivity index (χ3v) is 3.91. The zero-order valence-electron chi connectivity index (χ0n) is 15.0. The molecule has 28 heavy (non-hydrogen) atoms. The van der Waals surface area contributed by atoms with Gasteiger partial charge in [0.1, 0.15) is 11.4 Å². The second-order valence-electron chi connectivity index (χ2n) is 5.61. The number of halogens is 1. The van der Waals surface area contributed by atoms with Gasteiger partial charge >= 0.3 is 5.97 Å². The van der Waals surface area contributed by atoms with Gasteiger partial charge in [-0.3, -0.25) is 10.1 Å². The summed E-state index contributed by atoms with van der Waals surface area (Å²) < 4.78 is 15.7. The van der Waals surface area contributed by atoms with E-state index in [2.05, 4.69) is 10.5 Å². The SMILES string of the molecule is CCOC(=O)c1c(-c2ccc(Cl)cc2)noc1NC(=O)COc1ccccc1. The highest BCUT2D eigenvalue weighted by Gasteiger charge is 2.26. The molecule has 144 valence electrons. The predicted octanol–water partition coefficient (Wildman–Crippen LogP) is 4.19. The number of aromatic nitrogens is 1. The normalized spacial score (nSPS) is 10.4. The molecule has 3 aromatic rings. The van der Waals surface area contributed by atoms with Gasteiger partial charge in [-0.25, -0.2) is 4.79 Å². The molecular formula is C20H17ClN2O5. The highest BCUT2D eigenvalue weighted by atomic mass is 35.5. The van der Waals surface area contributed by atoms with Crippen molar-refractivity contribution >= 4 is 29.4 Å². The van der Waals surface area contributed by atoms with Crippen LogP contribution in [0.5, 0.6) is 5.75 Å². The topological polar surface area (TPSA) is 90.7 Å². The molecule has 7 nitrogen and oxygen atoms in total. The van der Waals surface area contributed by atoms with Gasteiger partial charge in [-0.2, -0.15) is 0 Å². The van der Waals surface area contributed by atoms with Crippen LogP contribution < -0.4 is 10.1 Å². The number of hydrogen-bond donors (Lipinski definition) is 1. The molecule has 0 saturated carbocycles. The number of hydrogen-bond acceptors (Lipinski definition) is 6. The number of carbonyl (C=O) groups is 2. The minimum Gasteiger partial charge on any atom is -0.484 e. The monoisotopic (exact) mass is 400 g/mol. The Balaban J connectivity index is 1.80. The molecule has 0 unspecified atom stereocenters. The summed E-state index contributed by atoms with van der Waals surface area (Å²) in [6, 6.07) is 15.6. The van der Waals surface area contributed by atoms with Gasteiger partial charge in [0.15, 0.2) is 12.2 Å². The number of esters is 1. The molecule has 1 N–H and O–H groups in total. The van der Waals surface area contributed by atoms with Gasteiger partial charge in [0.25, 0.3) is 5.91 Å². The van der Waals surface area contributed by atoms with Gasteiger partial charge in [0, 0.05) is 10.6 Å². The van der Waals surface area contributed by atoms with Crippen LogP contribution >= 0.6 is 11.6 Å². The van der Waals surface area contributed by atoms with Crippen LogP contribution in [0.2, 0.25) is 5.02 Å². The molecule has 3 rings (SSSR count). The van der Waals surface area contributed by atoms with Gasteiger partial charge in [0.2, 0.25) is 5.88 Å². The van der Waals surface area contributed by atoms with Crippen molar-refractivity contribution in [2.24, 2.45) is 0 Å². The van der Waals surface area contributed by atoms with Crippen LogP contribution in [0, 0.1) is 0 Å². The van der Waals surface area contributed by atoms with E-state index in [9.17, 15) is 9.59 Å². The Hall–Kier alpha value is -3.32. The highest BCUT2D eigenvalue weighted by Crippen LogP contribution is 2.30. The van der Waals surface area contributed by atoms with E-state index < -0.39 is 11.9 Å². The van der Waals surface area contributed by atoms with Gasteiger partial charge in [-0.15, -0.1) is 0 Å². The number of nitrogens with zero attached hydrogens (tertiary/aromatic N) is 1. The van der Waals surface area contributed by atoms with E-state index in [-0.39, 0.29) is 30.4 Å². The Morgan fingerprint density at radius 3 is 2.50 bits per heavy atom. The minimum absolute atomic E-state index is 0.0252.